The highest BCUT2D eigenvalue weighted by Gasteiger charge is 2.24. The zero-order chi connectivity index (χ0) is 9.10. The summed E-state index contributed by atoms with van der Waals surface area (Å²) < 4.78 is 5.34. The van der Waals surface area contributed by atoms with Crippen LogP contribution in [0.4, 0.5) is 0 Å². The van der Waals surface area contributed by atoms with Crippen LogP contribution in [0.2, 0.25) is 0 Å². The number of aromatic nitrogens is 2. The van der Waals surface area contributed by atoms with E-state index in [2.05, 4.69) is 25.9 Å². The van der Waals surface area contributed by atoms with Gasteiger partial charge in [-0.05, 0) is 12.3 Å². The van der Waals surface area contributed by atoms with Crippen LogP contribution in [0, 0.1) is 5.92 Å². The quantitative estimate of drug-likeness (QED) is 0.824. The van der Waals surface area contributed by atoms with Crippen LogP contribution in [0.5, 0.6) is 0 Å². The van der Waals surface area contributed by atoms with Crippen LogP contribution in [0.3, 0.4) is 0 Å². The van der Waals surface area contributed by atoms with Gasteiger partial charge in [0.15, 0.2) is 0 Å². The molecule has 72 valence electrons. The monoisotopic (exact) mass is 244 g/mol. The van der Waals surface area contributed by atoms with E-state index in [1.54, 1.807) is 6.20 Å². The zero-order valence-corrected chi connectivity index (χ0v) is 8.96. The van der Waals surface area contributed by atoms with E-state index in [0.717, 1.165) is 31.9 Å². The van der Waals surface area contributed by atoms with Gasteiger partial charge in [-0.15, -0.1) is 0 Å². The lowest BCUT2D eigenvalue weighted by molar-refractivity contribution is 0.185. The van der Waals surface area contributed by atoms with Crippen LogP contribution in [0.25, 0.3) is 0 Å². The zero-order valence-electron chi connectivity index (χ0n) is 7.37. The van der Waals surface area contributed by atoms with Gasteiger partial charge in [0.05, 0.1) is 6.61 Å². The Labute approximate surface area is 86.0 Å². The van der Waals surface area contributed by atoms with E-state index in [1.807, 2.05) is 6.20 Å². The summed E-state index contributed by atoms with van der Waals surface area (Å²) >= 11 is 3.69. The van der Waals surface area contributed by atoms with Crippen molar-refractivity contribution in [1.29, 1.82) is 0 Å². The minimum absolute atomic E-state index is 0.487. The fraction of sp³-hybridized carbons (Fsp3) is 0.667. The van der Waals surface area contributed by atoms with Crippen molar-refractivity contribution in [3.8, 4) is 0 Å². The maximum absolute atomic E-state index is 5.34. The predicted molar refractivity (Wildman–Crippen MR) is 53.9 cm³/mol. The van der Waals surface area contributed by atoms with Crippen molar-refractivity contribution in [2.75, 3.05) is 13.2 Å². The van der Waals surface area contributed by atoms with E-state index in [9.17, 15) is 0 Å². The summed E-state index contributed by atoms with van der Waals surface area (Å²) in [5, 5.41) is 0. The van der Waals surface area contributed by atoms with Crippen LogP contribution < -0.4 is 0 Å². The lowest BCUT2D eigenvalue weighted by Gasteiger charge is -2.13. The number of hydrogen-bond acceptors (Lipinski definition) is 2. The Morgan fingerprint density at radius 3 is 3.31 bits per heavy atom. The number of halogens is 1. The average molecular weight is 245 g/mol. The molecule has 1 fully saturated rings. The van der Waals surface area contributed by atoms with Gasteiger partial charge in [0.2, 0.25) is 0 Å². The predicted octanol–water partition coefficient (Wildman–Crippen LogP) is 1.75. The van der Waals surface area contributed by atoms with E-state index in [1.165, 1.54) is 0 Å². The first-order valence-electron chi connectivity index (χ1n) is 4.56. The molecule has 0 radical (unpaired) electrons. The van der Waals surface area contributed by atoms with Gasteiger partial charge in [-0.3, -0.25) is 0 Å². The van der Waals surface area contributed by atoms with Crippen molar-refractivity contribution in [1.82, 2.24) is 9.97 Å². The number of nitrogens with zero attached hydrogens (tertiary/aromatic N) is 1. The smallest absolute Gasteiger partial charge is 0.107 e. The first-order chi connectivity index (χ1) is 6.36. The largest absolute Gasteiger partial charge is 0.381 e. The third-order valence-corrected chi connectivity index (χ3v) is 3.49. The summed E-state index contributed by atoms with van der Waals surface area (Å²) in [5.41, 5.74) is 0. The van der Waals surface area contributed by atoms with E-state index in [4.69, 9.17) is 4.74 Å². The molecule has 0 saturated carbocycles. The third kappa shape index (κ3) is 2.31. The van der Waals surface area contributed by atoms with E-state index in [-0.39, 0.29) is 0 Å². The molecule has 2 rings (SSSR count). The summed E-state index contributed by atoms with van der Waals surface area (Å²) in [5.74, 6) is 1.69. The Bertz CT molecular complexity index is 244. The molecule has 0 spiro atoms. The second-order valence-electron chi connectivity index (χ2n) is 3.38. The Morgan fingerprint density at radius 1 is 1.77 bits per heavy atom. The standard InChI is InChI=1S/C9H13BrN2O/c10-8(7-1-4-13-6-7)5-9-11-2-3-12-9/h2-3,7-8H,1,4-6H2,(H,11,12). The number of H-pyrrole nitrogens is 1. The van der Waals surface area contributed by atoms with E-state index < -0.39 is 0 Å². The fourth-order valence-corrected chi connectivity index (χ4v) is 2.32. The minimum Gasteiger partial charge on any atom is -0.381 e. The van der Waals surface area contributed by atoms with Crippen molar-refractivity contribution < 1.29 is 4.74 Å². The summed E-state index contributed by atoms with van der Waals surface area (Å²) in [6, 6.07) is 0. The number of imidazole rings is 1. The molecule has 1 saturated heterocycles. The Hall–Kier alpha value is -0.350. The molecule has 1 aromatic heterocycles. The second kappa shape index (κ2) is 4.24. The highest BCUT2D eigenvalue weighted by molar-refractivity contribution is 9.09. The van der Waals surface area contributed by atoms with Crippen LogP contribution in [-0.2, 0) is 11.2 Å². The molecule has 2 atom stereocenters. The molecule has 0 bridgehead atoms. The molecule has 0 aliphatic carbocycles. The van der Waals surface area contributed by atoms with Crippen LogP contribution in [-0.4, -0.2) is 28.0 Å². The van der Waals surface area contributed by atoms with Crippen molar-refractivity contribution in [2.45, 2.75) is 17.7 Å². The van der Waals surface area contributed by atoms with E-state index >= 15 is 0 Å². The molecule has 3 nitrogen and oxygen atoms in total. The average Bonchev–Trinajstić information content (AvgIpc) is 2.74. The highest BCUT2D eigenvalue weighted by atomic mass is 79.9. The molecule has 13 heavy (non-hydrogen) atoms. The number of hydrogen-bond donors (Lipinski definition) is 1. The van der Waals surface area contributed by atoms with Gasteiger partial charge < -0.3 is 9.72 Å². The minimum atomic E-state index is 0.487. The highest BCUT2D eigenvalue weighted by Crippen LogP contribution is 2.24. The van der Waals surface area contributed by atoms with Crippen LogP contribution in [0.15, 0.2) is 12.4 Å². The summed E-state index contributed by atoms with van der Waals surface area (Å²) in [6.07, 6.45) is 5.78. The Morgan fingerprint density at radius 2 is 2.69 bits per heavy atom. The molecule has 1 aromatic rings. The van der Waals surface area contributed by atoms with E-state index in [0.29, 0.717) is 10.7 Å². The van der Waals surface area contributed by atoms with Crippen LogP contribution >= 0.6 is 15.9 Å². The lowest BCUT2D eigenvalue weighted by Crippen LogP contribution is -2.17. The Kier molecular flexibility index (Phi) is 3.01. The normalized spacial score (nSPS) is 24.8. The topological polar surface area (TPSA) is 37.9 Å². The van der Waals surface area contributed by atoms with Gasteiger partial charge in [-0.1, -0.05) is 15.9 Å². The molecule has 0 aromatic carbocycles. The number of nitrogens with one attached hydrogen (secondary N) is 1. The van der Waals surface area contributed by atoms with Gasteiger partial charge in [-0.25, -0.2) is 4.98 Å². The van der Waals surface area contributed by atoms with Crippen molar-refractivity contribution in [3.05, 3.63) is 18.2 Å². The van der Waals surface area contributed by atoms with Crippen LogP contribution in [0.1, 0.15) is 12.2 Å². The number of aromatic amines is 1. The van der Waals surface area contributed by atoms with Crippen molar-refractivity contribution in [2.24, 2.45) is 5.92 Å². The molecule has 2 unspecified atom stereocenters. The summed E-state index contributed by atoms with van der Waals surface area (Å²) in [6.45, 7) is 1.79. The van der Waals surface area contributed by atoms with Gasteiger partial charge in [-0.2, -0.15) is 0 Å². The molecule has 1 aliphatic rings. The van der Waals surface area contributed by atoms with Gasteiger partial charge >= 0.3 is 0 Å². The SMILES string of the molecule is BrC(Cc1ncc[nH]1)C1CCOC1. The maximum Gasteiger partial charge on any atom is 0.107 e. The van der Waals surface area contributed by atoms with Crippen molar-refractivity contribution in [3.63, 3.8) is 0 Å². The number of ether oxygens (including phenoxy) is 1. The molecular formula is C9H13BrN2O. The molecule has 1 aliphatic heterocycles. The second-order valence-corrected chi connectivity index (χ2v) is 4.56. The fourth-order valence-electron chi connectivity index (χ4n) is 1.60. The van der Waals surface area contributed by atoms with Gasteiger partial charge in [0, 0.05) is 30.2 Å². The Balaban J connectivity index is 1.87. The van der Waals surface area contributed by atoms with Gasteiger partial charge in [0.1, 0.15) is 5.82 Å². The molecule has 2 heterocycles. The third-order valence-electron chi connectivity index (χ3n) is 2.42. The summed E-state index contributed by atoms with van der Waals surface area (Å²) in [4.78, 5) is 7.80. The summed E-state index contributed by atoms with van der Waals surface area (Å²) in [7, 11) is 0. The van der Waals surface area contributed by atoms with Crippen molar-refractivity contribution >= 4 is 15.9 Å². The molecular weight excluding hydrogens is 232 g/mol. The molecule has 4 heteroatoms. The molecule has 1 N–H and O–H groups in total. The number of alkyl halides is 1. The first kappa shape index (κ1) is 9.21. The number of rotatable bonds is 3. The maximum atomic E-state index is 5.34. The molecule has 0 amide bonds. The first-order valence-corrected chi connectivity index (χ1v) is 5.48. The lowest BCUT2D eigenvalue weighted by atomic mass is 10.0. The van der Waals surface area contributed by atoms with Gasteiger partial charge in [0.25, 0.3) is 0 Å².